The monoisotopic (exact) mass is 288 g/mol. The van der Waals surface area contributed by atoms with Crippen molar-refractivity contribution in [1.82, 2.24) is 0 Å². The summed E-state index contributed by atoms with van der Waals surface area (Å²) in [6.07, 6.45) is 0. The summed E-state index contributed by atoms with van der Waals surface area (Å²) in [6, 6.07) is 12.9. The number of aryl methyl sites for hydroxylation is 1. The number of aliphatic hydroxyl groups excluding tert-OH is 1. The lowest BCUT2D eigenvalue weighted by atomic mass is 10.1. The standard InChI is InChI=1S/C8H8O3.C8H8O2/c9-5-6-1-3-7(4-2-6)8(10)11;1-6-2-4-7(5-3-6)8(9)10/h1-4,9H,5H2,(H,10,11);2-5H,1H3,(H,9,10). The molecule has 5 heteroatoms. The first-order valence-electron chi connectivity index (χ1n) is 6.17. The number of carboxylic acid groups (broad SMARTS) is 2. The summed E-state index contributed by atoms with van der Waals surface area (Å²) in [4.78, 5) is 20.7. The molecule has 0 aliphatic carbocycles. The minimum absolute atomic E-state index is 0.0557. The van der Waals surface area contributed by atoms with E-state index in [2.05, 4.69) is 0 Å². The second-order valence-electron chi connectivity index (χ2n) is 4.33. The van der Waals surface area contributed by atoms with Crippen molar-refractivity contribution < 1.29 is 24.9 Å². The Labute approximate surface area is 122 Å². The maximum absolute atomic E-state index is 10.3. The van der Waals surface area contributed by atoms with Crippen molar-refractivity contribution >= 4 is 11.9 Å². The van der Waals surface area contributed by atoms with Crippen molar-refractivity contribution in [3.05, 3.63) is 70.8 Å². The van der Waals surface area contributed by atoms with E-state index >= 15 is 0 Å². The van der Waals surface area contributed by atoms with Crippen LogP contribution in [0.3, 0.4) is 0 Å². The molecule has 0 bridgehead atoms. The molecule has 0 aliphatic heterocycles. The fourth-order valence-corrected chi connectivity index (χ4v) is 1.45. The number of benzene rings is 2. The molecule has 0 aliphatic rings. The van der Waals surface area contributed by atoms with Gasteiger partial charge in [-0.1, -0.05) is 29.8 Å². The average Bonchev–Trinajstić information content (AvgIpc) is 2.48. The maximum atomic E-state index is 10.3. The topological polar surface area (TPSA) is 94.8 Å². The van der Waals surface area contributed by atoms with Crippen molar-refractivity contribution in [1.29, 1.82) is 0 Å². The Bertz CT molecular complexity index is 600. The number of rotatable bonds is 3. The molecule has 3 N–H and O–H groups in total. The van der Waals surface area contributed by atoms with E-state index in [0.29, 0.717) is 5.56 Å². The highest BCUT2D eigenvalue weighted by Crippen LogP contribution is 2.03. The Hall–Kier alpha value is -2.66. The molecule has 0 atom stereocenters. The summed E-state index contributed by atoms with van der Waals surface area (Å²) in [5.41, 5.74) is 2.37. The predicted octanol–water partition coefficient (Wildman–Crippen LogP) is 2.57. The van der Waals surface area contributed by atoms with Gasteiger partial charge in [0.05, 0.1) is 17.7 Å². The molecule has 0 saturated carbocycles. The highest BCUT2D eigenvalue weighted by atomic mass is 16.4. The van der Waals surface area contributed by atoms with Gasteiger partial charge in [-0.25, -0.2) is 9.59 Å². The number of carbonyl (C=O) groups is 2. The van der Waals surface area contributed by atoms with Crippen molar-refractivity contribution in [3.8, 4) is 0 Å². The second-order valence-corrected chi connectivity index (χ2v) is 4.33. The number of hydrogen-bond donors (Lipinski definition) is 3. The molecule has 0 aromatic heterocycles. The van der Waals surface area contributed by atoms with E-state index in [1.54, 1.807) is 36.4 Å². The molecular formula is C16H16O5. The first-order chi connectivity index (χ1) is 9.93. The van der Waals surface area contributed by atoms with Crippen molar-refractivity contribution in [2.75, 3.05) is 0 Å². The molecule has 5 nitrogen and oxygen atoms in total. The Kier molecular flexibility index (Phi) is 6.10. The van der Waals surface area contributed by atoms with Crippen LogP contribution in [0, 0.1) is 6.92 Å². The zero-order valence-electron chi connectivity index (χ0n) is 11.5. The normalized spacial score (nSPS) is 9.43. The number of carboxylic acids is 2. The van der Waals surface area contributed by atoms with E-state index in [9.17, 15) is 9.59 Å². The fraction of sp³-hybridized carbons (Fsp3) is 0.125. The molecule has 110 valence electrons. The van der Waals surface area contributed by atoms with Gasteiger partial charge in [0.25, 0.3) is 0 Å². The van der Waals surface area contributed by atoms with Crippen molar-refractivity contribution in [3.63, 3.8) is 0 Å². The van der Waals surface area contributed by atoms with Crippen LogP contribution in [0.25, 0.3) is 0 Å². The molecule has 2 aromatic rings. The van der Waals surface area contributed by atoms with Crippen LogP contribution in [0.1, 0.15) is 31.8 Å². The first kappa shape index (κ1) is 16.4. The van der Waals surface area contributed by atoms with Gasteiger partial charge in [-0.3, -0.25) is 0 Å². The predicted molar refractivity (Wildman–Crippen MR) is 77.5 cm³/mol. The largest absolute Gasteiger partial charge is 0.478 e. The third-order valence-corrected chi connectivity index (χ3v) is 2.68. The average molecular weight is 288 g/mol. The summed E-state index contributed by atoms with van der Waals surface area (Å²) in [5, 5.41) is 25.6. The molecule has 0 fully saturated rings. The number of aromatic carboxylic acids is 2. The third kappa shape index (κ3) is 5.46. The number of aliphatic hydroxyl groups is 1. The van der Waals surface area contributed by atoms with E-state index in [-0.39, 0.29) is 12.2 Å². The quantitative estimate of drug-likeness (QED) is 0.806. The minimum atomic E-state index is -0.950. The third-order valence-electron chi connectivity index (χ3n) is 2.68. The fourth-order valence-electron chi connectivity index (χ4n) is 1.45. The van der Waals surface area contributed by atoms with Gasteiger partial charge in [0.2, 0.25) is 0 Å². The SMILES string of the molecule is Cc1ccc(C(=O)O)cc1.O=C(O)c1ccc(CO)cc1. The molecule has 2 aromatic carbocycles. The summed E-state index contributed by atoms with van der Waals surface area (Å²) >= 11 is 0. The van der Waals surface area contributed by atoms with Crippen molar-refractivity contribution in [2.45, 2.75) is 13.5 Å². The van der Waals surface area contributed by atoms with Crippen LogP contribution >= 0.6 is 0 Å². The Morgan fingerprint density at radius 3 is 1.52 bits per heavy atom. The molecule has 0 radical (unpaired) electrons. The van der Waals surface area contributed by atoms with Gasteiger partial charge in [-0.15, -0.1) is 0 Å². The van der Waals surface area contributed by atoms with Crippen LogP contribution in [-0.4, -0.2) is 27.3 Å². The maximum Gasteiger partial charge on any atom is 0.335 e. The van der Waals surface area contributed by atoms with Gasteiger partial charge < -0.3 is 15.3 Å². The molecule has 0 spiro atoms. The van der Waals surface area contributed by atoms with Gasteiger partial charge in [0.15, 0.2) is 0 Å². The summed E-state index contributed by atoms with van der Waals surface area (Å²) in [6.45, 7) is 1.87. The molecule has 0 saturated heterocycles. The van der Waals surface area contributed by atoms with E-state index in [1.807, 2.05) is 6.92 Å². The summed E-state index contributed by atoms with van der Waals surface area (Å²) in [7, 11) is 0. The summed E-state index contributed by atoms with van der Waals surface area (Å²) < 4.78 is 0. The molecule has 2 rings (SSSR count). The van der Waals surface area contributed by atoms with E-state index < -0.39 is 11.9 Å². The smallest absolute Gasteiger partial charge is 0.335 e. The van der Waals surface area contributed by atoms with E-state index in [0.717, 1.165) is 11.1 Å². The highest BCUT2D eigenvalue weighted by Gasteiger charge is 2.00. The van der Waals surface area contributed by atoms with E-state index in [4.69, 9.17) is 15.3 Å². The van der Waals surface area contributed by atoms with Gasteiger partial charge >= 0.3 is 11.9 Å². The van der Waals surface area contributed by atoms with Gasteiger partial charge in [0.1, 0.15) is 0 Å². The van der Waals surface area contributed by atoms with Crippen LogP contribution in [0.2, 0.25) is 0 Å². The van der Waals surface area contributed by atoms with Crippen LogP contribution < -0.4 is 0 Å². The zero-order valence-corrected chi connectivity index (χ0v) is 11.5. The zero-order chi connectivity index (χ0) is 15.8. The highest BCUT2D eigenvalue weighted by molar-refractivity contribution is 5.87. The Morgan fingerprint density at radius 1 is 0.810 bits per heavy atom. The molecule has 0 amide bonds. The molecule has 0 unspecified atom stereocenters. The lowest BCUT2D eigenvalue weighted by Crippen LogP contribution is -1.95. The molecular weight excluding hydrogens is 272 g/mol. The molecule has 0 heterocycles. The summed E-state index contributed by atoms with van der Waals surface area (Å²) in [5.74, 6) is -1.82. The lowest BCUT2D eigenvalue weighted by molar-refractivity contribution is 0.0686. The number of hydrogen-bond acceptors (Lipinski definition) is 3. The lowest BCUT2D eigenvalue weighted by Gasteiger charge is -1.95. The first-order valence-corrected chi connectivity index (χ1v) is 6.17. The van der Waals surface area contributed by atoms with Crippen LogP contribution in [0.5, 0.6) is 0 Å². The van der Waals surface area contributed by atoms with Crippen molar-refractivity contribution in [2.24, 2.45) is 0 Å². The Balaban J connectivity index is 0.000000211. The second kappa shape index (κ2) is 7.81. The van der Waals surface area contributed by atoms with E-state index in [1.165, 1.54) is 12.1 Å². The van der Waals surface area contributed by atoms with Crippen LogP contribution in [0.4, 0.5) is 0 Å². The van der Waals surface area contributed by atoms with Crippen LogP contribution in [-0.2, 0) is 6.61 Å². The van der Waals surface area contributed by atoms with Gasteiger partial charge in [-0.2, -0.15) is 0 Å². The minimum Gasteiger partial charge on any atom is -0.478 e. The van der Waals surface area contributed by atoms with Gasteiger partial charge in [-0.05, 0) is 36.8 Å². The molecule has 21 heavy (non-hydrogen) atoms. The Morgan fingerprint density at radius 2 is 1.19 bits per heavy atom. The van der Waals surface area contributed by atoms with Crippen LogP contribution in [0.15, 0.2) is 48.5 Å². The van der Waals surface area contributed by atoms with Gasteiger partial charge in [0, 0.05) is 0 Å².